The van der Waals surface area contributed by atoms with Crippen LogP contribution in [0.2, 0.25) is 0 Å². The number of aryl methyl sites for hydroxylation is 1. The van der Waals surface area contributed by atoms with Gasteiger partial charge in [-0.05, 0) is 49.9 Å². The van der Waals surface area contributed by atoms with Crippen molar-refractivity contribution in [1.29, 1.82) is 0 Å². The summed E-state index contributed by atoms with van der Waals surface area (Å²) in [7, 11) is -1.99. The lowest BCUT2D eigenvalue weighted by molar-refractivity contribution is -0.125. The molecular formula is C32H41N3O5S. The van der Waals surface area contributed by atoms with E-state index >= 15 is 0 Å². The van der Waals surface area contributed by atoms with Gasteiger partial charge in [-0.3, -0.25) is 4.79 Å². The molecule has 1 fully saturated rings. The standard InChI is InChI=1S/C32H41N3O5S/c1-24-14-16-28(17-15-24)41(37,38)35-27-20-26(21-33-22-27)32(36)34-23-30(25-10-4-3-5-11-25)29-12-6-7-13-31(29)40-19-9-8-18-39-2/h3-7,10-17,26-27,30,33,35H,8-9,18-23H2,1-2H3,(H,34,36)/t26-,27-,30?/m0/s1. The summed E-state index contributed by atoms with van der Waals surface area (Å²) in [5.41, 5.74) is 3.08. The number of amides is 1. The molecule has 220 valence electrons. The number of methoxy groups -OCH3 is 1. The molecule has 1 amide bonds. The first kappa shape index (κ1) is 30.7. The van der Waals surface area contributed by atoms with E-state index in [0.29, 0.717) is 39.3 Å². The highest BCUT2D eigenvalue weighted by Gasteiger charge is 2.31. The summed E-state index contributed by atoms with van der Waals surface area (Å²) in [6.07, 6.45) is 2.23. The number of para-hydroxylation sites is 1. The van der Waals surface area contributed by atoms with Crippen LogP contribution >= 0.6 is 0 Å². The van der Waals surface area contributed by atoms with Crippen LogP contribution in [0.3, 0.4) is 0 Å². The van der Waals surface area contributed by atoms with Gasteiger partial charge in [-0.2, -0.15) is 0 Å². The quantitative estimate of drug-likeness (QED) is 0.249. The van der Waals surface area contributed by atoms with Crippen LogP contribution in [0.15, 0.2) is 83.8 Å². The van der Waals surface area contributed by atoms with Crippen molar-refractivity contribution in [1.82, 2.24) is 15.4 Å². The molecule has 9 heteroatoms. The third kappa shape index (κ3) is 8.87. The Kier molecular flexibility index (Phi) is 11.3. The van der Waals surface area contributed by atoms with Crippen LogP contribution < -0.4 is 20.1 Å². The Balaban J connectivity index is 1.41. The molecule has 0 spiro atoms. The Bertz CT molecular complexity index is 1350. The normalized spacial score (nSPS) is 18.0. The van der Waals surface area contributed by atoms with E-state index in [1.165, 1.54) is 0 Å². The van der Waals surface area contributed by atoms with E-state index < -0.39 is 10.0 Å². The van der Waals surface area contributed by atoms with Crippen LogP contribution in [0, 0.1) is 12.8 Å². The second kappa shape index (κ2) is 15.1. The third-order valence-corrected chi connectivity index (χ3v) is 8.89. The van der Waals surface area contributed by atoms with Gasteiger partial charge in [0.05, 0.1) is 17.4 Å². The van der Waals surface area contributed by atoms with E-state index in [4.69, 9.17) is 9.47 Å². The fourth-order valence-electron chi connectivity index (χ4n) is 5.11. The van der Waals surface area contributed by atoms with Gasteiger partial charge in [-0.1, -0.05) is 66.2 Å². The summed E-state index contributed by atoms with van der Waals surface area (Å²) in [4.78, 5) is 13.6. The molecule has 0 aliphatic carbocycles. The number of benzene rings is 3. The summed E-state index contributed by atoms with van der Waals surface area (Å²) >= 11 is 0. The molecule has 0 saturated carbocycles. The van der Waals surface area contributed by atoms with Crippen LogP contribution in [0.1, 0.15) is 41.9 Å². The smallest absolute Gasteiger partial charge is 0.240 e. The maximum absolute atomic E-state index is 13.4. The summed E-state index contributed by atoms with van der Waals surface area (Å²) in [6.45, 7) is 4.55. The zero-order valence-corrected chi connectivity index (χ0v) is 24.7. The number of hydrogen-bond acceptors (Lipinski definition) is 6. The lowest BCUT2D eigenvalue weighted by Gasteiger charge is -2.30. The summed E-state index contributed by atoms with van der Waals surface area (Å²) in [6, 6.07) is 24.4. The number of nitrogens with one attached hydrogen (secondary N) is 3. The van der Waals surface area contributed by atoms with Crippen molar-refractivity contribution in [3.05, 3.63) is 95.6 Å². The Labute approximate surface area is 243 Å². The highest BCUT2D eigenvalue weighted by Crippen LogP contribution is 2.32. The van der Waals surface area contributed by atoms with Crippen molar-refractivity contribution in [3.8, 4) is 5.75 Å². The number of sulfonamides is 1. The van der Waals surface area contributed by atoms with Crippen molar-refractivity contribution in [3.63, 3.8) is 0 Å². The predicted octanol–water partition coefficient (Wildman–Crippen LogP) is 4.01. The maximum Gasteiger partial charge on any atom is 0.240 e. The van der Waals surface area contributed by atoms with Gasteiger partial charge in [-0.15, -0.1) is 0 Å². The highest BCUT2D eigenvalue weighted by molar-refractivity contribution is 7.89. The van der Waals surface area contributed by atoms with Gasteiger partial charge >= 0.3 is 0 Å². The molecule has 4 rings (SSSR count). The van der Waals surface area contributed by atoms with Crippen molar-refractivity contribution in [2.45, 2.75) is 43.0 Å². The molecule has 0 radical (unpaired) electrons. The Hall–Kier alpha value is -3.24. The molecule has 1 saturated heterocycles. The summed E-state index contributed by atoms with van der Waals surface area (Å²) in [5, 5.41) is 6.38. The molecule has 1 aliphatic rings. The van der Waals surface area contributed by atoms with Crippen LogP contribution in [-0.2, 0) is 19.6 Å². The van der Waals surface area contributed by atoms with E-state index in [1.54, 1.807) is 31.4 Å². The number of carbonyl (C=O) groups excluding carboxylic acids is 1. The average Bonchev–Trinajstić information content (AvgIpc) is 2.98. The first-order valence-corrected chi connectivity index (χ1v) is 15.7. The molecular weight excluding hydrogens is 538 g/mol. The monoisotopic (exact) mass is 579 g/mol. The average molecular weight is 580 g/mol. The van der Waals surface area contributed by atoms with Crippen LogP contribution in [0.4, 0.5) is 0 Å². The largest absolute Gasteiger partial charge is 0.493 e. The second-order valence-corrected chi connectivity index (χ2v) is 12.2. The van der Waals surface area contributed by atoms with Gasteiger partial charge in [0.15, 0.2) is 0 Å². The van der Waals surface area contributed by atoms with Gasteiger partial charge in [0, 0.05) is 50.9 Å². The SMILES string of the molecule is COCCCCOc1ccccc1C(CNC(=O)[C@@H]1CNC[C@@H](NS(=O)(=O)c2ccc(C)cc2)C1)c1ccccc1. The van der Waals surface area contributed by atoms with Gasteiger partial charge < -0.3 is 20.1 Å². The van der Waals surface area contributed by atoms with Crippen molar-refractivity contribution in [2.75, 3.05) is 40.0 Å². The fraction of sp³-hybridized carbons (Fsp3) is 0.406. The van der Waals surface area contributed by atoms with Crippen LogP contribution in [0.25, 0.3) is 0 Å². The summed E-state index contributed by atoms with van der Waals surface area (Å²) in [5.74, 6) is 0.231. The second-order valence-electron chi connectivity index (χ2n) is 10.5. The van der Waals surface area contributed by atoms with E-state index in [-0.39, 0.29) is 28.7 Å². The molecule has 3 aromatic rings. The number of rotatable bonds is 14. The third-order valence-electron chi connectivity index (χ3n) is 7.35. The van der Waals surface area contributed by atoms with E-state index in [9.17, 15) is 13.2 Å². The van der Waals surface area contributed by atoms with E-state index in [1.807, 2.05) is 49.4 Å². The first-order valence-electron chi connectivity index (χ1n) is 14.2. The molecule has 3 atom stereocenters. The molecule has 0 bridgehead atoms. The van der Waals surface area contributed by atoms with Crippen LogP contribution in [-0.4, -0.2) is 60.3 Å². The number of unbranched alkanes of at least 4 members (excludes halogenated alkanes) is 1. The lowest BCUT2D eigenvalue weighted by Crippen LogP contribution is -2.52. The molecule has 41 heavy (non-hydrogen) atoms. The molecule has 0 aromatic heterocycles. The fourth-order valence-corrected chi connectivity index (χ4v) is 6.36. The Morgan fingerprint density at radius 3 is 2.41 bits per heavy atom. The van der Waals surface area contributed by atoms with Gasteiger partial charge in [0.2, 0.25) is 15.9 Å². The number of hydrogen-bond donors (Lipinski definition) is 3. The zero-order valence-electron chi connectivity index (χ0n) is 23.8. The molecule has 3 N–H and O–H groups in total. The van der Waals surface area contributed by atoms with Crippen molar-refractivity contribution < 1.29 is 22.7 Å². The summed E-state index contributed by atoms with van der Waals surface area (Å²) < 4.78 is 39.9. The number of ether oxygens (including phenoxy) is 2. The molecule has 1 aliphatic heterocycles. The van der Waals surface area contributed by atoms with E-state index in [0.717, 1.165) is 35.3 Å². The van der Waals surface area contributed by atoms with Gasteiger partial charge in [-0.25, -0.2) is 13.1 Å². The van der Waals surface area contributed by atoms with Crippen molar-refractivity contribution >= 4 is 15.9 Å². The first-order chi connectivity index (χ1) is 19.9. The highest BCUT2D eigenvalue weighted by atomic mass is 32.2. The zero-order chi connectivity index (χ0) is 29.1. The minimum Gasteiger partial charge on any atom is -0.493 e. The van der Waals surface area contributed by atoms with E-state index in [2.05, 4.69) is 27.5 Å². The maximum atomic E-state index is 13.4. The topological polar surface area (TPSA) is 106 Å². The van der Waals surface area contributed by atoms with Gasteiger partial charge in [0.25, 0.3) is 0 Å². The minimum atomic E-state index is -3.68. The molecule has 8 nitrogen and oxygen atoms in total. The molecule has 3 aromatic carbocycles. The number of piperidine rings is 1. The minimum absolute atomic E-state index is 0.101. The predicted molar refractivity (Wildman–Crippen MR) is 161 cm³/mol. The Morgan fingerprint density at radius 2 is 1.66 bits per heavy atom. The lowest BCUT2D eigenvalue weighted by atomic mass is 9.89. The van der Waals surface area contributed by atoms with Crippen molar-refractivity contribution in [2.24, 2.45) is 5.92 Å². The van der Waals surface area contributed by atoms with Gasteiger partial charge in [0.1, 0.15) is 5.75 Å². The van der Waals surface area contributed by atoms with Crippen LogP contribution in [0.5, 0.6) is 5.75 Å². The number of carbonyl (C=O) groups is 1. The molecule has 1 unspecified atom stereocenters. The molecule has 1 heterocycles. The Morgan fingerprint density at radius 1 is 0.951 bits per heavy atom.